The number of carbonyl (C=O) groups excluding carboxylic acids is 1. The molecule has 0 bridgehead atoms. The van der Waals surface area contributed by atoms with Crippen molar-refractivity contribution in [2.45, 2.75) is 57.3 Å². The van der Waals surface area contributed by atoms with E-state index in [1.165, 1.54) is 0 Å². The highest BCUT2D eigenvalue weighted by atomic mass is 28.3. The van der Waals surface area contributed by atoms with Crippen LogP contribution in [0.2, 0.25) is 6.04 Å². The summed E-state index contributed by atoms with van der Waals surface area (Å²) in [6, 6.07) is 0.898. The molecule has 130 valence electrons. The highest BCUT2D eigenvalue weighted by molar-refractivity contribution is 6.83. The van der Waals surface area contributed by atoms with Crippen molar-refractivity contribution in [1.82, 2.24) is 0 Å². The van der Waals surface area contributed by atoms with Crippen LogP contribution >= 0.6 is 0 Å². The van der Waals surface area contributed by atoms with Crippen LogP contribution < -0.4 is 0 Å². The molecule has 0 fully saturated rings. The zero-order valence-corrected chi connectivity index (χ0v) is 16.1. The molecule has 3 unspecified atom stereocenters. The van der Waals surface area contributed by atoms with E-state index in [0.717, 1.165) is 12.5 Å². The van der Waals surface area contributed by atoms with Gasteiger partial charge in [0.25, 0.3) is 0 Å². The second-order valence-corrected chi connectivity index (χ2v) is 10.9. The maximum atomic E-state index is 11.5. The van der Waals surface area contributed by atoms with Crippen molar-refractivity contribution in [3.63, 3.8) is 0 Å². The van der Waals surface area contributed by atoms with Crippen LogP contribution in [0.4, 0.5) is 0 Å². The Morgan fingerprint density at radius 1 is 1.00 bits per heavy atom. The SMILES string of the molecule is C=C(C)C(=O)OCCC[Si](C(C)OC)(C(C)OC)C(C)OC. The van der Waals surface area contributed by atoms with Crippen molar-refractivity contribution in [2.75, 3.05) is 27.9 Å². The Bertz CT molecular complexity index is 332. The quantitative estimate of drug-likeness (QED) is 0.252. The molecule has 0 aliphatic carbocycles. The van der Waals surface area contributed by atoms with Crippen molar-refractivity contribution < 1.29 is 23.7 Å². The van der Waals surface area contributed by atoms with Gasteiger partial charge in [-0.25, -0.2) is 4.79 Å². The van der Waals surface area contributed by atoms with Crippen LogP contribution in [0, 0.1) is 0 Å². The first-order chi connectivity index (χ1) is 10.3. The van der Waals surface area contributed by atoms with Gasteiger partial charge in [-0.05, 0) is 40.2 Å². The summed E-state index contributed by atoms with van der Waals surface area (Å²) in [4.78, 5) is 11.5. The average Bonchev–Trinajstić information content (AvgIpc) is 2.52. The maximum Gasteiger partial charge on any atom is 0.333 e. The maximum absolute atomic E-state index is 11.5. The number of carbonyl (C=O) groups is 1. The lowest BCUT2D eigenvalue weighted by Crippen LogP contribution is -2.64. The summed E-state index contributed by atoms with van der Waals surface area (Å²) in [7, 11) is 3.08. The molecule has 22 heavy (non-hydrogen) atoms. The van der Waals surface area contributed by atoms with Crippen LogP contribution in [0.25, 0.3) is 0 Å². The van der Waals surface area contributed by atoms with Gasteiger partial charge >= 0.3 is 5.97 Å². The van der Waals surface area contributed by atoms with Gasteiger partial charge in [-0.1, -0.05) is 6.58 Å². The highest BCUT2D eigenvalue weighted by Gasteiger charge is 2.49. The third-order valence-corrected chi connectivity index (χ3v) is 11.1. The lowest BCUT2D eigenvalue weighted by atomic mass is 10.4. The van der Waals surface area contributed by atoms with E-state index in [4.69, 9.17) is 18.9 Å². The Labute approximate surface area is 136 Å². The van der Waals surface area contributed by atoms with Crippen LogP contribution in [0.3, 0.4) is 0 Å². The Hall–Kier alpha value is -0.693. The fourth-order valence-electron chi connectivity index (χ4n) is 2.93. The van der Waals surface area contributed by atoms with Gasteiger partial charge in [0.05, 0.1) is 23.8 Å². The Kier molecular flexibility index (Phi) is 9.83. The van der Waals surface area contributed by atoms with E-state index in [1.54, 1.807) is 28.3 Å². The fourth-order valence-corrected chi connectivity index (χ4v) is 8.20. The van der Waals surface area contributed by atoms with Crippen molar-refractivity contribution in [3.05, 3.63) is 12.2 Å². The van der Waals surface area contributed by atoms with Crippen molar-refractivity contribution in [1.29, 1.82) is 0 Å². The first kappa shape index (κ1) is 21.3. The summed E-state index contributed by atoms with van der Waals surface area (Å²) >= 11 is 0. The Balaban J connectivity index is 4.99. The number of methoxy groups -OCH3 is 3. The van der Waals surface area contributed by atoms with E-state index in [2.05, 4.69) is 27.4 Å². The molecule has 0 aromatic carbocycles. The zero-order chi connectivity index (χ0) is 17.3. The van der Waals surface area contributed by atoms with E-state index in [1.807, 2.05) is 0 Å². The molecule has 0 saturated heterocycles. The average molecular weight is 333 g/mol. The summed E-state index contributed by atoms with van der Waals surface area (Å²) in [6.45, 7) is 11.8. The standard InChI is InChI=1S/C16H32O5Si/c1-12(2)16(17)21-10-9-11-22(13(3)18-6,14(4)19-7)15(5)20-8/h13-15H,1,9-11H2,2-8H3. The van der Waals surface area contributed by atoms with Crippen molar-refractivity contribution >= 4 is 14.0 Å². The minimum atomic E-state index is -2.09. The van der Waals surface area contributed by atoms with Crippen molar-refractivity contribution in [3.8, 4) is 0 Å². The zero-order valence-electron chi connectivity index (χ0n) is 15.1. The molecule has 0 spiro atoms. The number of hydrogen-bond donors (Lipinski definition) is 0. The van der Waals surface area contributed by atoms with Crippen LogP contribution in [0.1, 0.15) is 34.1 Å². The molecular weight excluding hydrogens is 300 g/mol. The highest BCUT2D eigenvalue weighted by Crippen LogP contribution is 2.30. The lowest BCUT2D eigenvalue weighted by Gasteiger charge is -2.44. The topological polar surface area (TPSA) is 54.0 Å². The normalized spacial score (nSPS) is 18.1. The van der Waals surface area contributed by atoms with E-state index in [9.17, 15) is 4.79 Å². The minimum absolute atomic E-state index is 0.0780. The Morgan fingerprint density at radius 2 is 1.41 bits per heavy atom. The molecule has 5 nitrogen and oxygen atoms in total. The molecule has 0 aromatic heterocycles. The summed E-state index contributed by atoms with van der Waals surface area (Å²) < 4.78 is 22.2. The Morgan fingerprint density at radius 3 is 1.73 bits per heavy atom. The molecule has 0 aromatic rings. The molecule has 0 N–H and O–H groups in total. The monoisotopic (exact) mass is 332 g/mol. The molecule has 0 heterocycles. The van der Waals surface area contributed by atoms with Gasteiger partial charge in [0, 0.05) is 26.9 Å². The molecule has 3 atom stereocenters. The number of ether oxygens (including phenoxy) is 4. The lowest BCUT2D eigenvalue weighted by molar-refractivity contribution is -0.138. The number of hydrogen-bond acceptors (Lipinski definition) is 5. The fraction of sp³-hybridized carbons (Fsp3) is 0.812. The third-order valence-electron chi connectivity index (χ3n) is 4.67. The summed E-state index contributed by atoms with van der Waals surface area (Å²) in [5.74, 6) is -0.341. The number of rotatable bonds is 11. The van der Waals surface area contributed by atoms with E-state index in [0.29, 0.717) is 12.2 Å². The van der Waals surface area contributed by atoms with Crippen molar-refractivity contribution in [2.24, 2.45) is 0 Å². The van der Waals surface area contributed by atoms with Gasteiger partial charge in [0.2, 0.25) is 0 Å². The largest absolute Gasteiger partial charge is 0.462 e. The van der Waals surface area contributed by atoms with E-state index < -0.39 is 8.07 Å². The predicted molar refractivity (Wildman–Crippen MR) is 90.4 cm³/mol. The van der Waals surface area contributed by atoms with Gasteiger partial charge in [-0.15, -0.1) is 0 Å². The molecule has 0 saturated carbocycles. The number of esters is 1. The second kappa shape index (κ2) is 10.2. The van der Waals surface area contributed by atoms with Crippen LogP contribution in [-0.4, -0.2) is 59.2 Å². The molecule has 6 heteroatoms. The van der Waals surface area contributed by atoms with Gasteiger partial charge < -0.3 is 18.9 Å². The molecule has 0 aliphatic rings. The summed E-state index contributed by atoms with van der Waals surface area (Å²) in [6.07, 6.45) is 0.764. The summed E-state index contributed by atoms with van der Waals surface area (Å²) in [5.41, 5.74) is 0.655. The van der Waals surface area contributed by atoms with Crippen LogP contribution in [-0.2, 0) is 23.7 Å². The first-order valence-electron chi connectivity index (χ1n) is 7.68. The molecule has 0 aliphatic heterocycles. The van der Waals surface area contributed by atoms with E-state index in [-0.39, 0.29) is 23.2 Å². The van der Waals surface area contributed by atoms with Gasteiger partial charge in [-0.2, -0.15) is 0 Å². The summed E-state index contributed by atoms with van der Waals surface area (Å²) in [5, 5.41) is 0. The molecule has 0 amide bonds. The van der Waals surface area contributed by atoms with E-state index >= 15 is 0 Å². The second-order valence-electron chi connectivity index (χ2n) is 5.77. The minimum Gasteiger partial charge on any atom is -0.462 e. The van der Waals surface area contributed by atoms with Gasteiger partial charge in [-0.3, -0.25) is 0 Å². The van der Waals surface area contributed by atoms with Gasteiger partial charge in [0.1, 0.15) is 0 Å². The third kappa shape index (κ3) is 5.19. The van der Waals surface area contributed by atoms with Gasteiger partial charge in [0.15, 0.2) is 8.07 Å². The van der Waals surface area contributed by atoms with Crippen LogP contribution in [0.5, 0.6) is 0 Å². The smallest absolute Gasteiger partial charge is 0.333 e. The molecule has 0 rings (SSSR count). The van der Waals surface area contributed by atoms with Crippen LogP contribution in [0.15, 0.2) is 12.2 Å². The molecule has 0 radical (unpaired) electrons. The predicted octanol–water partition coefficient (Wildman–Crippen LogP) is 2.67. The molecular formula is C16H32O5Si. The first-order valence-corrected chi connectivity index (χ1v) is 10.1.